The van der Waals surface area contributed by atoms with E-state index in [1.165, 1.54) is 11.1 Å². The number of halogens is 2. The molecular formula is C16H18F2N4O. The first-order chi connectivity index (χ1) is 11.0. The third-order valence-corrected chi connectivity index (χ3v) is 4.06. The Bertz CT molecular complexity index is 686. The number of pyridine rings is 1. The highest BCUT2D eigenvalue weighted by Gasteiger charge is 2.35. The summed E-state index contributed by atoms with van der Waals surface area (Å²) in [5, 5.41) is 0. The lowest BCUT2D eigenvalue weighted by Crippen LogP contribution is -2.42. The summed E-state index contributed by atoms with van der Waals surface area (Å²) in [4.78, 5) is 22.3. The molecule has 0 aromatic carbocycles. The van der Waals surface area contributed by atoms with Crippen LogP contribution in [0, 0.1) is 0 Å². The van der Waals surface area contributed by atoms with Crippen LogP contribution in [0.5, 0.6) is 0 Å². The van der Waals surface area contributed by atoms with Gasteiger partial charge in [-0.3, -0.25) is 9.36 Å². The number of piperidine rings is 1. The van der Waals surface area contributed by atoms with Crippen LogP contribution in [0.1, 0.15) is 35.9 Å². The minimum absolute atomic E-state index is 0.0785. The molecule has 0 aliphatic carbocycles. The molecule has 0 N–H and O–H groups in total. The van der Waals surface area contributed by atoms with Gasteiger partial charge in [-0.25, -0.2) is 18.7 Å². The molecule has 5 nitrogen and oxygen atoms in total. The number of amides is 1. The lowest BCUT2D eigenvalue weighted by molar-refractivity contribution is -0.0494. The number of alkyl halides is 2. The number of nitrogens with zero attached hydrogens (tertiary/aromatic N) is 4. The van der Waals surface area contributed by atoms with Crippen LogP contribution in [-0.2, 0) is 6.42 Å². The zero-order valence-electron chi connectivity index (χ0n) is 12.9. The topological polar surface area (TPSA) is 51.0 Å². The number of imidazole rings is 1. The lowest BCUT2D eigenvalue weighted by atomic mass is 10.1. The normalized spacial score (nSPS) is 17.3. The van der Waals surface area contributed by atoms with E-state index in [4.69, 9.17) is 0 Å². The third kappa shape index (κ3) is 3.23. The van der Waals surface area contributed by atoms with Crippen molar-refractivity contribution in [2.45, 2.75) is 32.1 Å². The Morgan fingerprint density at radius 3 is 2.61 bits per heavy atom. The van der Waals surface area contributed by atoms with Gasteiger partial charge in [-0.1, -0.05) is 6.92 Å². The predicted molar refractivity (Wildman–Crippen MR) is 80.8 cm³/mol. The van der Waals surface area contributed by atoms with Crippen LogP contribution in [0.2, 0.25) is 0 Å². The molecule has 0 radical (unpaired) electrons. The average Bonchev–Trinajstić information content (AvgIpc) is 3.03. The largest absolute Gasteiger partial charge is 0.338 e. The van der Waals surface area contributed by atoms with Crippen LogP contribution < -0.4 is 0 Å². The molecule has 2 aromatic heterocycles. The van der Waals surface area contributed by atoms with E-state index in [0.29, 0.717) is 11.4 Å². The summed E-state index contributed by atoms with van der Waals surface area (Å²) in [6.45, 7) is 2.16. The molecule has 0 unspecified atom stereocenters. The van der Waals surface area contributed by atoms with Gasteiger partial charge in [0.05, 0.1) is 5.56 Å². The van der Waals surface area contributed by atoms with Crippen molar-refractivity contribution in [3.63, 3.8) is 0 Å². The minimum atomic E-state index is -2.66. The maximum absolute atomic E-state index is 13.2. The SMILES string of the molecule is CCc1nccn1-c1ccc(C(=O)N2CCC(F)(F)CC2)cn1. The van der Waals surface area contributed by atoms with Crippen molar-refractivity contribution in [1.82, 2.24) is 19.4 Å². The second kappa shape index (κ2) is 6.06. The molecule has 1 aliphatic rings. The summed E-state index contributed by atoms with van der Waals surface area (Å²) in [6, 6.07) is 3.42. The number of carbonyl (C=O) groups is 1. The molecule has 1 saturated heterocycles. The Morgan fingerprint density at radius 1 is 1.26 bits per heavy atom. The summed E-state index contributed by atoms with van der Waals surface area (Å²) < 4.78 is 28.2. The van der Waals surface area contributed by atoms with Gasteiger partial charge < -0.3 is 4.90 Å². The zero-order valence-corrected chi connectivity index (χ0v) is 12.9. The van der Waals surface area contributed by atoms with Crippen molar-refractivity contribution < 1.29 is 13.6 Å². The molecule has 7 heteroatoms. The maximum Gasteiger partial charge on any atom is 0.255 e. The Balaban J connectivity index is 1.73. The van der Waals surface area contributed by atoms with Crippen LogP contribution in [-0.4, -0.2) is 44.4 Å². The Labute approximate surface area is 133 Å². The smallest absolute Gasteiger partial charge is 0.255 e. The van der Waals surface area contributed by atoms with Gasteiger partial charge in [-0.15, -0.1) is 0 Å². The molecule has 1 amide bonds. The summed E-state index contributed by atoms with van der Waals surface area (Å²) in [6.07, 6.45) is 5.22. The molecule has 0 bridgehead atoms. The number of aryl methyl sites for hydroxylation is 1. The Hall–Kier alpha value is -2.31. The van der Waals surface area contributed by atoms with Crippen LogP contribution in [0.4, 0.5) is 8.78 Å². The van der Waals surface area contributed by atoms with Crippen molar-refractivity contribution in [3.05, 3.63) is 42.1 Å². The molecule has 1 aliphatic heterocycles. The van der Waals surface area contributed by atoms with E-state index < -0.39 is 5.92 Å². The van der Waals surface area contributed by atoms with Crippen LogP contribution >= 0.6 is 0 Å². The molecule has 0 saturated carbocycles. The fourth-order valence-electron chi connectivity index (χ4n) is 2.68. The van der Waals surface area contributed by atoms with Gasteiger partial charge in [0.1, 0.15) is 11.6 Å². The van der Waals surface area contributed by atoms with Crippen molar-refractivity contribution in [2.24, 2.45) is 0 Å². The van der Waals surface area contributed by atoms with Gasteiger partial charge in [0, 0.05) is 50.9 Å². The molecular weight excluding hydrogens is 302 g/mol. The highest BCUT2D eigenvalue weighted by molar-refractivity contribution is 5.94. The van der Waals surface area contributed by atoms with Gasteiger partial charge in [0.25, 0.3) is 11.8 Å². The first-order valence-electron chi connectivity index (χ1n) is 7.66. The van der Waals surface area contributed by atoms with Gasteiger partial charge in [0.15, 0.2) is 0 Å². The Morgan fingerprint density at radius 2 is 2.00 bits per heavy atom. The summed E-state index contributed by atoms with van der Waals surface area (Å²) in [7, 11) is 0. The monoisotopic (exact) mass is 320 g/mol. The highest BCUT2D eigenvalue weighted by atomic mass is 19.3. The fourth-order valence-corrected chi connectivity index (χ4v) is 2.68. The van der Waals surface area contributed by atoms with Gasteiger partial charge in [-0.2, -0.15) is 0 Å². The maximum atomic E-state index is 13.2. The highest BCUT2D eigenvalue weighted by Crippen LogP contribution is 2.28. The molecule has 23 heavy (non-hydrogen) atoms. The second-order valence-electron chi connectivity index (χ2n) is 5.62. The van der Waals surface area contributed by atoms with Gasteiger partial charge in [-0.05, 0) is 12.1 Å². The van der Waals surface area contributed by atoms with Gasteiger partial charge in [0.2, 0.25) is 0 Å². The second-order valence-corrected chi connectivity index (χ2v) is 5.62. The molecule has 2 aromatic rings. The number of carbonyl (C=O) groups excluding carboxylic acids is 1. The van der Waals surface area contributed by atoms with Crippen molar-refractivity contribution in [3.8, 4) is 5.82 Å². The number of hydrogen-bond acceptors (Lipinski definition) is 3. The summed E-state index contributed by atoms with van der Waals surface area (Å²) in [5.74, 6) is -1.34. The van der Waals surface area contributed by atoms with E-state index in [-0.39, 0.29) is 31.8 Å². The predicted octanol–water partition coefficient (Wildman–Crippen LogP) is 2.70. The van der Waals surface area contributed by atoms with E-state index >= 15 is 0 Å². The fraction of sp³-hybridized carbons (Fsp3) is 0.438. The van der Waals surface area contributed by atoms with E-state index in [1.807, 2.05) is 17.7 Å². The van der Waals surface area contributed by atoms with Crippen molar-refractivity contribution in [1.29, 1.82) is 0 Å². The molecule has 3 rings (SSSR count). The molecule has 122 valence electrons. The van der Waals surface area contributed by atoms with Crippen molar-refractivity contribution >= 4 is 5.91 Å². The third-order valence-electron chi connectivity index (χ3n) is 4.06. The van der Waals surface area contributed by atoms with E-state index in [2.05, 4.69) is 9.97 Å². The number of aromatic nitrogens is 3. The van der Waals surface area contributed by atoms with Crippen molar-refractivity contribution in [2.75, 3.05) is 13.1 Å². The zero-order chi connectivity index (χ0) is 16.4. The molecule has 0 atom stereocenters. The summed E-state index contributed by atoms with van der Waals surface area (Å²) in [5.41, 5.74) is 0.414. The minimum Gasteiger partial charge on any atom is -0.338 e. The molecule has 1 fully saturated rings. The van der Waals surface area contributed by atoms with Crippen LogP contribution in [0.25, 0.3) is 5.82 Å². The van der Waals surface area contributed by atoms with Crippen LogP contribution in [0.3, 0.4) is 0 Å². The molecule has 0 spiro atoms. The number of rotatable bonds is 3. The van der Waals surface area contributed by atoms with E-state index in [0.717, 1.165) is 12.2 Å². The first kappa shape index (κ1) is 15.6. The summed E-state index contributed by atoms with van der Waals surface area (Å²) >= 11 is 0. The van der Waals surface area contributed by atoms with Gasteiger partial charge >= 0.3 is 0 Å². The first-order valence-corrected chi connectivity index (χ1v) is 7.66. The molecule has 3 heterocycles. The number of likely N-dealkylation sites (tertiary alicyclic amines) is 1. The van der Waals surface area contributed by atoms with Crippen LogP contribution in [0.15, 0.2) is 30.7 Å². The quantitative estimate of drug-likeness (QED) is 0.874. The lowest BCUT2D eigenvalue weighted by Gasteiger charge is -2.31. The standard InChI is InChI=1S/C16H18F2N4O/c1-2-13-19-7-10-22(13)14-4-3-12(11-20-14)15(23)21-8-5-16(17,18)6-9-21/h3-4,7,10-11H,2,5-6,8-9H2,1H3. The average molecular weight is 320 g/mol. The van der Waals surface area contributed by atoms with E-state index in [1.54, 1.807) is 18.3 Å². The van der Waals surface area contributed by atoms with E-state index in [9.17, 15) is 13.6 Å². The Kier molecular flexibility index (Phi) is 4.11. The number of hydrogen-bond donors (Lipinski definition) is 0.